The van der Waals surface area contributed by atoms with Gasteiger partial charge in [0.25, 0.3) is 0 Å². The lowest BCUT2D eigenvalue weighted by Crippen LogP contribution is -2.01. The fourth-order valence-electron chi connectivity index (χ4n) is 1.76. The summed E-state index contributed by atoms with van der Waals surface area (Å²) >= 11 is 0. The third kappa shape index (κ3) is 2.93. The molecule has 1 aromatic carbocycles. The minimum Gasteiger partial charge on any atom is -0.497 e. The van der Waals surface area contributed by atoms with Crippen molar-refractivity contribution in [3.8, 4) is 22.6 Å². The number of hydrogen-bond donors (Lipinski definition) is 1. The topological polar surface area (TPSA) is 56.3 Å². The number of rotatable bonds is 5. The summed E-state index contributed by atoms with van der Waals surface area (Å²) in [6.45, 7) is 2.80. The van der Waals surface area contributed by atoms with E-state index in [4.69, 9.17) is 9.47 Å². The molecule has 0 saturated heterocycles. The van der Waals surface area contributed by atoms with Gasteiger partial charge in [0.1, 0.15) is 11.5 Å². The molecule has 0 radical (unpaired) electrons. The molecule has 2 rings (SSSR count). The van der Waals surface area contributed by atoms with E-state index in [1.807, 2.05) is 25.1 Å². The number of anilines is 1. The van der Waals surface area contributed by atoms with Gasteiger partial charge in [-0.25, -0.2) is 9.97 Å². The maximum Gasteiger partial charge on any atom is 0.222 e. The largest absolute Gasteiger partial charge is 0.497 e. The van der Waals surface area contributed by atoms with Crippen molar-refractivity contribution in [1.82, 2.24) is 9.97 Å². The molecule has 0 aliphatic carbocycles. The zero-order valence-electron chi connectivity index (χ0n) is 11.3. The van der Waals surface area contributed by atoms with E-state index in [0.717, 1.165) is 29.2 Å². The summed E-state index contributed by atoms with van der Waals surface area (Å²) in [6.07, 6.45) is 3.53. The molecule has 0 atom stereocenters. The number of ether oxygens (including phenoxy) is 2. The van der Waals surface area contributed by atoms with Crippen LogP contribution < -0.4 is 14.8 Å². The van der Waals surface area contributed by atoms with Crippen molar-refractivity contribution in [1.29, 1.82) is 0 Å². The molecule has 1 N–H and O–H groups in total. The normalized spacial score (nSPS) is 10.1. The number of aromatic nitrogens is 2. The zero-order chi connectivity index (χ0) is 13.7. The lowest BCUT2D eigenvalue weighted by atomic mass is 10.1. The molecule has 0 aliphatic rings. The van der Waals surface area contributed by atoms with Crippen LogP contribution in [0, 0.1) is 0 Å². The van der Waals surface area contributed by atoms with Crippen molar-refractivity contribution >= 4 is 5.95 Å². The maximum atomic E-state index is 5.35. The molecule has 0 aliphatic heterocycles. The van der Waals surface area contributed by atoms with E-state index in [1.165, 1.54) is 0 Å². The third-order valence-electron chi connectivity index (χ3n) is 2.70. The number of benzene rings is 1. The SMILES string of the molecule is CCNc1ncc(-c2cc(OC)ccc2OC)cn1. The van der Waals surface area contributed by atoms with Crippen molar-refractivity contribution in [2.75, 3.05) is 26.1 Å². The molecule has 0 unspecified atom stereocenters. The highest BCUT2D eigenvalue weighted by atomic mass is 16.5. The van der Waals surface area contributed by atoms with E-state index in [1.54, 1.807) is 26.6 Å². The minimum absolute atomic E-state index is 0.619. The first kappa shape index (κ1) is 13.1. The van der Waals surface area contributed by atoms with E-state index in [9.17, 15) is 0 Å². The van der Waals surface area contributed by atoms with Crippen LogP contribution in [0.15, 0.2) is 30.6 Å². The Morgan fingerprint density at radius 2 is 1.84 bits per heavy atom. The predicted molar refractivity (Wildman–Crippen MR) is 74.7 cm³/mol. The van der Waals surface area contributed by atoms with Crippen LogP contribution in [0.2, 0.25) is 0 Å². The standard InChI is InChI=1S/C14H17N3O2/c1-4-15-14-16-8-10(9-17-14)12-7-11(18-2)5-6-13(12)19-3/h5-9H,4H2,1-3H3,(H,15,16,17). The zero-order valence-corrected chi connectivity index (χ0v) is 11.3. The van der Waals surface area contributed by atoms with Gasteiger partial charge in [0.2, 0.25) is 5.95 Å². The highest BCUT2D eigenvalue weighted by Crippen LogP contribution is 2.32. The van der Waals surface area contributed by atoms with E-state index in [0.29, 0.717) is 5.95 Å². The quantitative estimate of drug-likeness (QED) is 0.894. The Morgan fingerprint density at radius 1 is 1.11 bits per heavy atom. The van der Waals surface area contributed by atoms with Crippen molar-refractivity contribution in [2.45, 2.75) is 6.92 Å². The Balaban J connectivity index is 2.38. The van der Waals surface area contributed by atoms with Crippen LogP contribution in [0.3, 0.4) is 0 Å². The fraction of sp³-hybridized carbons (Fsp3) is 0.286. The molecule has 1 aromatic heterocycles. The highest BCUT2D eigenvalue weighted by molar-refractivity contribution is 5.71. The highest BCUT2D eigenvalue weighted by Gasteiger charge is 2.08. The average Bonchev–Trinajstić information content (AvgIpc) is 2.47. The van der Waals surface area contributed by atoms with Gasteiger partial charge >= 0.3 is 0 Å². The molecule has 0 fully saturated rings. The van der Waals surface area contributed by atoms with Gasteiger partial charge in [-0.3, -0.25) is 0 Å². The molecular weight excluding hydrogens is 242 g/mol. The predicted octanol–water partition coefficient (Wildman–Crippen LogP) is 2.59. The van der Waals surface area contributed by atoms with Crippen molar-refractivity contribution < 1.29 is 9.47 Å². The summed E-state index contributed by atoms with van der Waals surface area (Å²) in [6, 6.07) is 5.63. The minimum atomic E-state index is 0.619. The Hall–Kier alpha value is -2.30. The molecular formula is C14H17N3O2. The summed E-state index contributed by atoms with van der Waals surface area (Å²) < 4.78 is 10.6. The summed E-state index contributed by atoms with van der Waals surface area (Å²) in [7, 11) is 3.27. The molecule has 5 nitrogen and oxygen atoms in total. The molecule has 5 heteroatoms. The smallest absolute Gasteiger partial charge is 0.222 e. The van der Waals surface area contributed by atoms with Gasteiger partial charge in [0, 0.05) is 30.1 Å². The Labute approximate surface area is 112 Å². The summed E-state index contributed by atoms with van der Waals surface area (Å²) in [5, 5.41) is 3.06. The summed E-state index contributed by atoms with van der Waals surface area (Å²) in [4.78, 5) is 8.51. The van der Waals surface area contributed by atoms with Gasteiger partial charge in [-0.2, -0.15) is 0 Å². The molecule has 100 valence electrons. The fourth-order valence-corrected chi connectivity index (χ4v) is 1.76. The molecule has 0 amide bonds. The lowest BCUT2D eigenvalue weighted by Gasteiger charge is -2.10. The van der Waals surface area contributed by atoms with Gasteiger partial charge in [-0.1, -0.05) is 0 Å². The van der Waals surface area contributed by atoms with Crippen LogP contribution in [-0.2, 0) is 0 Å². The number of hydrogen-bond acceptors (Lipinski definition) is 5. The third-order valence-corrected chi connectivity index (χ3v) is 2.70. The van der Waals surface area contributed by atoms with Crippen LogP contribution in [-0.4, -0.2) is 30.7 Å². The van der Waals surface area contributed by atoms with Crippen LogP contribution >= 0.6 is 0 Å². The first-order valence-electron chi connectivity index (χ1n) is 6.06. The molecule has 2 aromatic rings. The van der Waals surface area contributed by atoms with Crippen molar-refractivity contribution in [3.63, 3.8) is 0 Å². The first-order chi connectivity index (χ1) is 9.28. The van der Waals surface area contributed by atoms with E-state index < -0.39 is 0 Å². The van der Waals surface area contributed by atoms with Gasteiger partial charge in [-0.15, -0.1) is 0 Å². The van der Waals surface area contributed by atoms with Gasteiger partial charge in [0.05, 0.1) is 14.2 Å². The van der Waals surface area contributed by atoms with E-state index in [2.05, 4.69) is 15.3 Å². The molecule has 19 heavy (non-hydrogen) atoms. The molecule has 0 bridgehead atoms. The van der Waals surface area contributed by atoms with Gasteiger partial charge in [-0.05, 0) is 25.1 Å². The van der Waals surface area contributed by atoms with Crippen molar-refractivity contribution in [3.05, 3.63) is 30.6 Å². The molecule has 0 saturated carbocycles. The first-order valence-corrected chi connectivity index (χ1v) is 6.06. The number of nitrogens with one attached hydrogen (secondary N) is 1. The maximum absolute atomic E-state index is 5.35. The Kier molecular flexibility index (Phi) is 4.18. The Morgan fingerprint density at radius 3 is 2.42 bits per heavy atom. The molecule has 0 spiro atoms. The summed E-state index contributed by atoms with van der Waals surface area (Å²) in [5.41, 5.74) is 1.79. The van der Waals surface area contributed by atoms with Crippen LogP contribution in [0.4, 0.5) is 5.95 Å². The van der Waals surface area contributed by atoms with Crippen LogP contribution in [0.1, 0.15) is 6.92 Å². The van der Waals surface area contributed by atoms with E-state index in [-0.39, 0.29) is 0 Å². The number of methoxy groups -OCH3 is 2. The summed E-state index contributed by atoms with van der Waals surface area (Å²) in [5.74, 6) is 2.15. The van der Waals surface area contributed by atoms with Gasteiger partial charge < -0.3 is 14.8 Å². The van der Waals surface area contributed by atoms with E-state index >= 15 is 0 Å². The second kappa shape index (κ2) is 6.04. The van der Waals surface area contributed by atoms with Crippen LogP contribution in [0.5, 0.6) is 11.5 Å². The lowest BCUT2D eigenvalue weighted by molar-refractivity contribution is 0.404. The molecule has 1 heterocycles. The second-order valence-electron chi connectivity index (χ2n) is 3.89. The second-order valence-corrected chi connectivity index (χ2v) is 3.89. The van der Waals surface area contributed by atoms with Crippen molar-refractivity contribution in [2.24, 2.45) is 0 Å². The average molecular weight is 259 g/mol. The van der Waals surface area contributed by atoms with Gasteiger partial charge in [0.15, 0.2) is 0 Å². The Bertz CT molecular complexity index is 541. The number of nitrogens with zero attached hydrogens (tertiary/aromatic N) is 2. The van der Waals surface area contributed by atoms with Crippen LogP contribution in [0.25, 0.3) is 11.1 Å². The monoisotopic (exact) mass is 259 g/mol.